The van der Waals surface area contributed by atoms with Crippen LogP contribution in [0.5, 0.6) is 0 Å². The number of benzene rings is 2. The molecule has 2 nitrogen and oxygen atoms in total. The Hall–Kier alpha value is -2.09. The van der Waals surface area contributed by atoms with E-state index >= 15 is 0 Å². The number of hydrogen-bond acceptors (Lipinski definition) is 1. The van der Waals surface area contributed by atoms with E-state index in [1.807, 2.05) is 36.1 Å². The first-order valence-electron chi connectivity index (χ1n) is 7.60. The van der Waals surface area contributed by atoms with Gasteiger partial charge in [0.25, 0.3) is 5.91 Å². The molecule has 0 bridgehead atoms. The first kappa shape index (κ1) is 13.9. The van der Waals surface area contributed by atoms with Crippen molar-refractivity contribution in [2.24, 2.45) is 0 Å². The fourth-order valence-corrected chi connectivity index (χ4v) is 3.11. The van der Waals surface area contributed by atoms with Crippen LogP contribution in [0.3, 0.4) is 0 Å². The fraction of sp³-hybridized carbons (Fsp3) is 0.316. The molecule has 1 heterocycles. The summed E-state index contributed by atoms with van der Waals surface area (Å²) in [5.74, 6) is 0.163. The van der Waals surface area contributed by atoms with E-state index in [1.165, 1.54) is 11.1 Å². The van der Waals surface area contributed by atoms with Crippen LogP contribution < -0.4 is 0 Å². The number of carbonyl (C=O) groups excluding carboxylic acids is 1. The number of aryl methyl sites for hydroxylation is 2. The van der Waals surface area contributed by atoms with Gasteiger partial charge in [-0.25, -0.2) is 0 Å². The molecule has 0 radical (unpaired) electrons. The van der Waals surface area contributed by atoms with Crippen LogP contribution in [0.1, 0.15) is 45.9 Å². The molecule has 0 aromatic heterocycles. The maximum Gasteiger partial charge on any atom is 0.254 e. The van der Waals surface area contributed by atoms with Crippen molar-refractivity contribution in [3.05, 3.63) is 70.8 Å². The zero-order valence-corrected chi connectivity index (χ0v) is 12.7. The van der Waals surface area contributed by atoms with Crippen molar-refractivity contribution in [2.45, 2.75) is 32.7 Å². The average Bonchev–Trinajstić information content (AvgIpc) is 2.97. The molecule has 1 saturated heterocycles. The van der Waals surface area contributed by atoms with Crippen LogP contribution in [-0.4, -0.2) is 17.4 Å². The van der Waals surface area contributed by atoms with Gasteiger partial charge in [0.05, 0.1) is 6.04 Å². The molecule has 108 valence electrons. The highest BCUT2D eigenvalue weighted by molar-refractivity contribution is 5.96. The van der Waals surface area contributed by atoms with Gasteiger partial charge in [-0.2, -0.15) is 0 Å². The van der Waals surface area contributed by atoms with Crippen molar-refractivity contribution >= 4 is 5.91 Å². The van der Waals surface area contributed by atoms with Crippen molar-refractivity contribution in [1.29, 1.82) is 0 Å². The Labute approximate surface area is 126 Å². The molecule has 1 fully saturated rings. The van der Waals surface area contributed by atoms with Crippen molar-refractivity contribution < 1.29 is 4.79 Å². The molecule has 0 spiro atoms. The average molecular weight is 279 g/mol. The lowest BCUT2D eigenvalue weighted by Crippen LogP contribution is -2.31. The van der Waals surface area contributed by atoms with Crippen LogP contribution in [0.4, 0.5) is 0 Å². The largest absolute Gasteiger partial charge is 0.332 e. The molecule has 1 amide bonds. The lowest BCUT2D eigenvalue weighted by atomic mass is 10.0. The molecular weight excluding hydrogens is 258 g/mol. The normalized spacial score (nSPS) is 18.0. The van der Waals surface area contributed by atoms with Gasteiger partial charge in [-0.1, -0.05) is 48.0 Å². The van der Waals surface area contributed by atoms with Crippen LogP contribution in [0.2, 0.25) is 0 Å². The zero-order chi connectivity index (χ0) is 14.8. The van der Waals surface area contributed by atoms with E-state index in [2.05, 4.69) is 31.2 Å². The van der Waals surface area contributed by atoms with Crippen molar-refractivity contribution in [3.8, 4) is 0 Å². The molecule has 1 aliphatic heterocycles. The van der Waals surface area contributed by atoms with Crippen LogP contribution in [0.25, 0.3) is 0 Å². The number of rotatable bonds is 2. The SMILES string of the molecule is Cc1ccc(C2CCCN2C(=O)c2ccccc2C)cc1. The summed E-state index contributed by atoms with van der Waals surface area (Å²) in [6, 6.07) is 16.6. The maximum absolute atomic E-state index is 12.8. The van der Waals surface area contributed by atoms with Gasteiger partial charge in [0, 0.05) is 12.1 Å². The summed E-state index contributed by atoms with van der Waals surface area (Å²) in [6.45, 7) is 4.95. The third kappa shape index (κ3) is 2.71. The lowest BCUT2D eigenvalue weighted by Gasteiger charge is -2.26. The van der Waals surface area contributed by atoms with Gasteiger partial charge >= 0.3 is 0 Å². The zero-order valence-electron chi connectivity index (χ0n) is 12.7. The predicted octanol–water partition coefficient (Wildman–Crippen LogP) is 4.28. The van der Waals surface area contributed by atoms with Gasteiger partial charge in [0.15, 0.2) is 0 Å². The minimum atomic E-state index is 0.163. The van der Waals surface area contributed by atoms with E-state index in [4.69, 9.17) is 0 Å². The molecule has 0 aliphatic carbocycles. The van der Waals surface area contributed by atoms with Crippen LogP contribution in [-0.2, 0) is 0 Å². The van der Waals surface area contributed by atoms with E-state index < -0.39 is 0 Å². The third-order valence-electron chi connectivity index (χ3n) is 4.35. The Balaban J connectivity index is 1.89. The summed E-state index contributed by atoms with van der Waals surface area (Å²) in [5.41, 5.74) is 4.39. The summed E-state index contributed by atoms with van der Waals surface area (Å²) in [5, 5.41) is 0. The van der Waals surface area contributed by atoms with E-state index in [-0.39, 0.29) is 11.9 Å². The second kappa shape index (κ2) is 5.72. The first-order valence-corrected chi connectivity index (χ1v) is 7.60. The topological polar surface area (TPSA) is 20.3 Å². The Morgan fingerprint density at radius 1 is 1.05 bits per heavy atom. The second-order valence-electron chi connectivity index (χ2n) is 5.88. The van der Waals surface area contributed by atoms with Gasteiger partial charge in [0.2, 0.25) is 0 Å². The molecule has 2 heteroatoms. The van der Waals surface area contributed by atoms with Crippen LogP contribution >= 0.6 is 0 Å². The molecule has 0 N–H and O–H groups in total. The molecule has 1 atom stereocenters. The highest BCUT2D eigenvalue weighted by Crippen LogP contribution is 2.33. The molecule has 0 saturated carbocycles. The monoisotopic (exact) mass is 279 g/mol. The Morgan fingerprint density at radius 3 is 2.48 bits per heavy atom. The summed E-state index contributed by atoms with van der Waals surface area (Å²) in [7, 11) is 0. The quantitative estimate of drug-likeness (QED) is 0.803. The van der Waals surface area contributed by atoms with Gasteiger partial charge in [-0.3, -0.25) is 4.79 Å². The van der Waals surface area contributed by atoms with E-state index in [1.54, 1.807) is 0 Å². The van der Waals surface area contributed by atoms with Crippen molar-refractivity contribution in [1.82, 2.24) is 4.90 Å². The smallest absolute Gasteiger partial charge is 0.254 e. The summed E-state index contributed by atoms with van der Waals surface area (Å²) in [6.07, 6.45) is 2.14. The molecule has 2 aromatic rings. The fourth-order valence-electron chi connectivity index (χ4n) is 3.11. The number of carbonyl (C=O) groups is 1. The van der Waals surface area contributed by atoms with Crippen molar-refractivity contribution in [2.75, 3.05) is 6.54 Å². The molecule has 21 heavy (non-hydrogen) atoms. The number of hydrogen-bond donors (Lipinski definition) is 0. The third-order valence-corrected chi connectivity index (χ3v) is 4.35. The highest BCUT2D eigenvalue weighted by Gasteiger charge is 2.30. The minimum Gasteiger partial charge on any atom is -0.332 e. The minimum absolute atomic E-state index is 0.163. The van der Waals surface area contributed by atoms with Crippen LogP contribution in [0.15, 0.2) is 48.5 Å². The lowest BCUT2D eigenvalue weighted by molar-refractivity contribution is 0.0735. The molecule has 2 aromatic carbocycles. The first-order chi connectivity index (χ1) is 10.2. The molecular formula is C19H21NO. The van der Waals surface area contributed by atoms with Crippen LogP contribution in [0, 0.1) is 13.8 Å². The van der Waals surface area contributed by atoms with Crippen molar-refractivity contribution in [3.63, 3.8) is 0 Å². The second-order valence-corrected chi connectivity index (χ2v) is 5.88. The summed E-state index contributed by atoms with van der Waals surface area (Å²) < 4.78 is 0. The van der Waals surface area contributed by atoms with E-state index in [9.17, 15) is 4.79 Å². The number of nitrogens with zero attached hydrogens (tertiary/aromatic N) is 1. The molecule has 1 aliphatic rings. The number of likely N-dealkylation sites (tertiary alicyclic amines) is 1. The summed E-state index contributed by atoms with van der Waals surface area (Å²) in [4.78, 5) is 14.9. The predicted molar refractivity (Wildman–Crippen MR) is 85.4 cm³/mol. The van der Waals surface area contributed by atoms with E-state index in [0.29, 0.717) is 0 Å². The molecule has 1 unspecified atom stereocenters. The Kier molecular flexibility index (Phi) is 3.78. The van der Waals surface area contributed by atoms with Gasteiger partial charge in [-0.05, 0) is 43.9 Å². The Bertz CT molecular complexity index is 645. The van der Waals surface area contributed by atoms with Gasteiger partial charge in [-0.15, -0.1) is 0 Å². The standard InChI is InChI=1S/C19H21NO/c1-14-9-11-16(12-10-14)18-8-5-13-20(18)19(21)17-7-4-3-6-15(17)2/h3-4,6-7,9-12,18H,5,8,13H2,1-2H3. The highest BCUT2D eigenvalue weighted by atomic mass is 16.2. The van der Waals surface area contributed by atoms with Gasteiger partial charge < -0.3 is 4.90 Å². The van der Waals surface area contributed by atoms with E-state index in [0.717, 1.165) is 30.5 Å². The Morgan fingerprint density at radius 2 is 1.76 bits per heavy atom. The summed E-state index contributed by atoms with van der Waals surface area (Å²) >= 11 is 0. The maximum atomic E-state index is 12.8. The molecule has 3 rings (SSSR count). The van der Waals surface area contributed by atoms with Gasteiger partial charge in [0.1, 0.15) is 0 Å². The number of amides is 1.